The first kappa shape index (κ1) is 9.34. The first-order chi connectivity index (χ1) is 6.84. The van der Waals surface area contributed by atoms with Crippen LogP contribution in [0, 0.1) is 0 Å². The zero-order valence-electron chi connectivity index (χ0n) is 7.53. The molecule has 2 nitrogen and oxygen atoms in total. The second kappa shape index (κ2) is 4.33. The summed E-state index contributed by atoms with van der Waals surface area (Å²) in [7, 11) is 0. The van der Waals surface area contributed by atoms with Gasteiger partial charge in [-0.05, 0) is 34.1 Å². The number of rotatable bonds is 3. The highest BCUT2D eigenvalue weighted by molar-refractivity contribution is 9.10. The molecule has 1 N–H and O–H groups in total. The van der Waals surface area contributed by atoms with Gasteiger partial charge in [-0.1, -0.05) is 18.2 Å². The molecule has 1 aromatic heterocycles. The number of benzene rings is 1. The maximum Gasteiger partial charge on any atom is 0.123 e. The van der Waals surface area contributed by atoms with Crippen LogP contribution in [0.25, 0.3) is 0 Å². The van der Waals surface area contributed by atoms with Crippen molar-refractivity contribution in [3.63, 3.8) is 0 Å². The molecule has 0 aliphatic heterocycles. The second-order valence-electron chi connectivity index (χ2n) is 2.95. The summed E-state index contributed by atoms with van der Waals surface area (Å²) in [6.45, 7) is 0.704. The van der Waals surface area contributed by atoms with Gasteiger partial charge in [0.25, 0.3) is 0 Å². The van der Waals surface area contributed by atoms with Crippen molar-refractivity contribution in [3.8, 4) is 0 Å². The zero-order valence-corrected chi connectivity index (χ0v) is 9.12. The molecule has 0 spiro atoms. The molecule has 0 unspecified atom stereocenters. The van der Waals surface area contributed by atoms with Crippen LogP contribution < -0.4 is 5.32 Å². The standard InChI is InChI=1S/C11H10BrNO/c12-9-6-11(14-8-9)7-13-10-4-2-1-3-5-10/h1-6,8,13H,7H2. The van der Waals surface area contributed by atoms with Crippen molar-refractivity contribution in [3.05, 3.63) is 52.9 Å². The first-order valence-corrected chi connectivity index (χ1v) is 5.16. The summed E-state index contributed by atoms with van der Waals surface area (Å²) >= 11 is 3.34. The van der Waals surface area contributed by atoms with Gasteiger partial charge >= 0.3 is 0 Å². The molecule has 0 aliphatic carbocycles. The summed E-state index contributed by atoms with van der Waals surface area (Å²) in [6, 6.07) is 12.0. The summed E-state index contributed by atoms with van der Waals surface area (Å²) in [4.78, 5) is 0. The second-order valence-corrected chi connectivity index (χ2v) is 3.87. The van der Waals surface area contributed by atoms with Crippen LogP contribution in [0.1, 0.15) is 5.76 Å². The molecule has 2 rings (SSSR count). The Balaban J connectivity index is 1.95. The predicted octanol–water partition coefficient (Wildman–Crippen LogP) is 3.65. The number of anilines is 1. The third-order valence-corrected chi connectivity index (χ3v) is 2.28. The third kappa shape index (κ3) is 2.39. The Hall–Kier alpha value is -1.22. The first-order valence-electron chi connectivity index (χ1n) is 4.36. The Labute approximate surface area is 91.1 Å². The molecule has 2 aromatic rings. The van der Waals surface area contributed by atoms with E-state index in [1.807, 2.05) is 36.4 Å². The lowest BCUT2D eigenvalue weighted by Gasteiger charge is -2.02. The van der Waals surface area contributed by atoms with Crippen LogP contribution in [0.2, 0.25) is 0 Å². The molecule has 0 amide bonds. The van der Waals surface area contributed by atoms with Crippen molar-refractivity contribution in [1.29, 1.82) is 0 Å². The lowest BCUT2D eigenvalue weighted by atomic mass is 10.3. The molecule has 14 heavy (non-hydrogen) atoms. The quantitative estimate of drug-likeness (QED) is 0.901. The third-order valence-electron chi connectivity index (χ3n) is 1.86. The van der Waals surface area contributed by atoms with E-state index in [0.29, 0.717) is 6.54 Å². The molecule has 0 saturated heterocycles. The van der Waals surface area contributed by atoms with Gasteiger partial charge in [-0.15, -0.1) is 0 Å². The van der Waals surface area contributed by atoms with Crippen molar-refractivity contribution >= 4 is 21.6 Å². The molecule has 1 aromatic carbocycles. The minimum Gasteiger partial charge on any atom is -0.466 e. The minimum absolute atomic E-state index is 0.704. The maximum atomic E-state index is 5.28. The Morgan fingerprint density at radius 3 is 2.64 bits per heavy atom. The van der Waals surface area contributed by atoms with Gasteiger partial charge in [0, 0.05) is 5.69 Å². The van der Waals surface area contributed by atoms with E-state index in [1.54, 1.807) is 6.26 Å². The number of furan rings is 1. The summed E-state index contributed by atoms with van der Waals surface area (Å²) in [5.74, 6) is 0.917. The van der Waals surface area contributed by atoms with Crippen LogP contribution in [0.5, 0.6) is 0 Å². The average molecular weight is 252 g/mol. The van der Waals surface area contributed by atoms with Crippen molar-refractivity contribution in [2.75, 3.05) is 5.32 Å². The van der Waals surface area contributed by atoms with Gasteiger partial charge in [0.2, 0.25) is 0 Å². The van der Waals surface area contributed by atoms with E-state index in [0.717, 1.165) is 15.9 Å². The summed E-state index contributed by atoms with van der Waals surface area (Å²) in [5.41, 5.74) is 1.10. The van der Waals surface area contributed by atoms with Crippen LogP contribution in [-0.2, 0) is 6.54 Å². The van der Waals surface area contributed by atoms with Crippen LogP contribution in [0.3, 0.4) is 0 Å². The van der Waals surface area contributed by atoms with Gasteiger partial charge in [0.1, 0.15) is 12.0 Å². The predicted molar refractivity (Wildman–Crippen MR) is 60.2 cm³/mol. The molecule has 1 heterocycles. The van der Waals surface area contributed by atoms with Gasteiger partial charge in [-0.2, -0.15) is 0 Å². The van der Waals surface area contributed by atoms with Crippen LogP contribution in [-0.4, -0.2) is 0 Å². The number of hydrogen-bond donors (Lipinski definition) is 1. The van der Waals surface area contributed by atoms with E-state index in [9.17, 15) is 0 Å². The molecule has 0 atom stereocenters. The molecule has 0 fully saturated rings. The number of para-hydroxylation sites is 1. The fourth-order valence-electron chi connectivity index (χ4n) is 1.19. The van der Waals surface area contributed by atoms with Gasteiger partial charge in [-0.3, -0.25) is 0 Å². The lowest BCUT2D eigenvalue weighted by Crippen LogP contribution is -1.97. The molecule has 0 radical (unpaired) electrons. The molecular weight excluding hydrogens is 242 g/mol. The normalized spacial score (nSPS) is 10.1. The van der Waals surface area contributed by atoms with Crippen LogP contribution >= 0.6 is 15.9 Å². The Bertz CT molecular complexity index is 397. The molecule has 72 valence electrons. The monoisotopic (exact) mass is 251 g/mol. The van der Waals surface area contributed by atoms with E-state index in [-0.39, 0.29) is 0 Å². The summed E-state index contributed by atoms with van der Waals surface area (Å²) < 4.78 is 6.25. The Kier molecular flexibility index (Phi) is 2.89. The van der Waals surface area contributed by atoms with Crippen molar-refractivity contribution in [2.45, 2.75) is 6.54 Å². The highest BCUT2D eigenvalue weighted by Gasteiger charge is 1.98. The largest absolute Gasteiger partial charge is 0.466 e. The van der Waals surface area contributed by atoms with Gasteiger partial charge < -0.3 is 9.73 Å². The van der Waals surface area contributed by atoms with E-state index < -0.39 is 0 Å². The number of halogens is 1. The fraction of sp³-hybridized carbons (Fsp3) is 0.0909. The SMILES string of the molecule is Brc1coc(CNc2ccccc2)c1. The maximum absolute atomic E-state index is 5.28. The van der Waals surface area contributed by atoms with Crippen molar-refractivity contribution in [2.24, 2.45) is 0 Å². The van der Waals surface area contributed by atoms with Gasteiger partial charge in [0.15, 0.2) is 0 Å². The molecular formula is C11H10BrNO. The lowest BCUT2D eigenvalue weighted by molar-refractivity contribution is 0.517. The van der Waals surface area contributed by atoms with E-state index >= 15 is 0 Å². The average Bonchev–Trinajstić information content (AvgIpc) is 2.63. The van der Waals surface area contributed by atoms with Crippen molar-refractivity contribution in [1.82, 2.24) is 0 Å². The van der Waals surface area contributed by atoms with Crippen LogP contribution in [0.15, 0.2) is 51.6 Å². The molecule has 0 aliphatic rings. The fourth-order valence-corrected chi connectivity index (χ4v) is 1.54. The van der Waals surface area contributed by atoms with E-state index in [2.05, 4.69) is 21.2 Å². The van der Waals surface area contributed by atoms with E-state index in [4.69, 9.17) is 4.42 Å². The molecule has 0 saturated carbocycles. The minimum atomic E-state index is 0.704. The molecule has 3 heteroatoms. The zero-order chi connectivity index (χ0) is 9.80. The van der Waals surface area contributed by atoms with Gasteiger partial charge in [0.05, 0.1) is 11.0 Å². The Morgan fingerprint density at radius 1 is 1.21 bits per heavy atom. The smallest absolute Gasteiger partial charge is 0.123 e. The number of hydrogen-bond acceptors (Lipinski definition) is 2. The van der Waals surface area contributed by atoms with Gasteiger partial charge in [-0.25, -0.2) is 0 Å². The highest BCUT2D eigenvalue weighted by Crippen LogP contribution is 2.15. The summed E-state index contributed by atoms with van der Waals surface area (Å²) in [6.07, 6.45) is 1.68. The van der Waals surface area contributed by atoms with Crippen molar-refractivity contribution < 1.29 is 4.42 Å². The topological polar surface area (TPSA) is 25.2 Å². The van der Waals surface area contributed by atoms with Crippen LogP contribution in [0.4, 0.5) is 5.69 Å². The Morgan fingerprint density at radius 2 is 2.00 bits per heavy atom. The van der Waals surface area contributed by atoms with E-state index in [1.165, 1.54) is 0 Å². The highest BCUT2D eigenvalue weighted by atomic mass is 79.9. The number of nitrogens with one attached hydrogen (secondary N) is 1. The summed E-state index contributed by atoms with van der Waals surface area (Å²) in [5, 5.41) is 3.26. The molecule has 0 bridgehead atoms.